The highest BCUT2D eigenvalue weighted by molar-refractivity contribution is 5.91. The molecular weight excluding hydrogens is 716 g/mol. The molecule has 6 unspecified atom stereocenters. The van der Waals surface area contributed by atoms with E-state index in [4.69, 9.17) is 35.2 Å². The summed E-state index contributed by atoms with van der Waals surface area (Å²) >= 11 is 0. The van der Waals surface area contributed by atoms with Gasteiger partial charge >= 0.3 is 5.97 Å². The first kappa shape index (κ1) is 44.9. The maximum Gasteiger partial charge on any atom is 0.326 e. The molecule has 9 N–H and O–H groups in total. The number of nitrogens with zero attached hydrogens (tertiary/aromatic N) is 1. The Morgan fingerprint density at radius 3 is 2.46 bits per heavy atom. The Kier molecular flexibility index (Phi) is 16.1. The van der Waals surface area contributed by atoms with E-state index in [9.17, 15) is 29.7 Å². The number of nitrogens with two attached hydrogens (primary N) is 2. The van der Waals surface area contributed by atoms with Gasteiger partial charge in [0.15, 0.2) is 24.4 Å². The number of aliphatic carboxylic acids is 1. The number of halogens is 2. The van der Waals surface area contributed by atoms with Gasteiger partial charge in [-0.05, 0) is 39.0 Å². The van der Waals surface area contributed by atoms with Crippen LogP contribution in [0.1, 0.15) is 72.6 Å². The summed E-state index contributed by atoms with van der Waals surface area (Å²) in [7, 11) is 1.29. The number of ether oxygens (including phenoxy) is 5. The van der Waals surface area contributed by atoms with E-state index in [1.165, 1.54) is 33.1 Å². The summed E-state index contributed by atoms with van der Waals surface area (Å²) in [6.07, 6.45) is -1.74. The lowest BCUT2D eigenvalue weighted by molar-refractivity contribution is -0.372. The van der Waals surface area contributed by atoms with Crippen molar-refractivity contribution in [2.75, 3.05) is 20.4 Å². The van der Waals surface area contributed by atoms with Gasteiger partial charge < -0.3 is 61.1 Å². The number of carbonyl (C=O) groups excluding carboxylic acids is 2. The molecule has 306 valence electrons. The highest BCUT2D eigenvalue weighted by Gasteiger charge is 2.67. The average molecular weight is 774 g/mol. The Balaban J connectivity index is 1.55. The second kappa shape index (κ2) is 19.4. The number of alkyl halides is 2. The zero-order chi connectivity index (χ0) is 40.4. The number of methoxy groups -OCH3 is 1. The quantitative estimate of drug-likeness (QED) is 0.0262. The lowest BCUT2D eigenvalue weighted by Crippen LogP contribution is -2.71. The smallest absolute Gasteiger partial charge is 0.326 e. The number of hydrogen-bond acceptors (Lipinski definition) is 11. The number of unbranched alkanes of at least 4 members (excludes halogenated alkanes) is 1. The molecule has 3 aliphatic heterocycles. The van der Waals surface area contributed by atoms with E-state index in [-0.39, 0.29) is 44.1 Å². The molecule has 0 aromatic carbocycles. The van der Waals surface area contributed by atoms with Gasteiger partial charge in [0.2, 0.25) is 11.7 Å². The van der Waals surface area contributed by atoms with Gasteiger partial charge in [-0.25, -0.2) is 13.6 Å². The van der Waals surface area contributed by atoms with Crippen LogP contribution in [0, 0.1) is 11.3 Å². The lowest BCUT2D eigenvalue weighted by Gasteiger charge is -2.54. The SMILES string of the molecule is C=C1C[C@](OC)(C(O)C(=O)NC2OCO[C@H]3[C@@H]2OC(C[C@H](O)CCC/C=C/C=C/C(=O)NC(CCCN=C(N)N)C(=O)O)C(C)(C)C3(F)F)OC(C)C1C. The normalized spacial score (nSPS) is 30.9. The van der Waals surface area contributed by atoms with Crippen LogP contribution in [0.3, 0.4) is 0 Å². The number of carboxylic acid groups (broad SMARTS) is 1. The minimum absolute atomic E-state index is 0.0239. The second-order valence-corrected chi connectivity index (χ2v) is 14.6. The highest BCUT2D eigenvalue weighted by Crippen LogP contribution is 2.52. The van der Waals surface area contributed by atoms with Gasteiger partial charge in [0.25, 0.3) is 11.8 Å². The fourth-order valence-corrected chi connectivity index (χ4v) is 6.62. The van der Waals surface area contributed by atoms with E-state index in [0.717, 1.165) is 0 Å². The monoisotopic (exact) mass is 773 g/mol. The van der Waals surface area contributed by atoms with Crippen molar-refractivity contribution >= 4 is 23.7 Å². The zero-order valence-corrected chi connectivity index (χ0v) is 31.5. The number of rotatable bonds is 18. The van der Waals surface area contributed by atoms with Crippen molar-refractivity contribution in [3.63, 3.8) is 0 Å². The van der Waals surface area contributed by atoms with Crippen molar-refractivity contribution in [1.82, 2.24) is 10.6 Å². The van der Waals surface area contributed by atoms with Crippen LogP contribution in [-0.4, -0.2) is 120 Å². The van der Waals surface area contributed by atoms with Crippen LogP contribution in [0.5, 0.6) is 0 Å². The third kappa shape index (κ3) is 11.0. The predicted octanol–water partition coefficient (Wildman–Crippen LogP) is 1.59. The number of hydrogen-bond donors (Lipinski definition) is 7. The van der Waals surface area contributed by atoms with Crippen molar-refractivity contribution in [1.29, 1.82) is 0 Å². The third-order valence-corrected chi connectivity index (χ3v) is 10.4. The van der Waals surface area contributed by atoms with Crippen LogP contribution >= 0.6 is 0 Å². The van der Waals surface area contributed by atoms with E-state index >= 15 is 8.78 Å². The summed E-state index contributed by atoms with van der Waals surface area (Å²) in [5.41, 5.74) is 9.41. The molecule has 0 bridgehead atoms. The second-order valence-electron chi connectivity index (χ2n) is 14.6. The van der Waals surface area contributed by atoms with Crippen LogP contribution in [0.15, 0.2) is 41.4 Å². The first-order valence-corrected chi connectivity index (χ1v) is 18.0. The molecule has 0 aliphatic carbocycles. The molecule has 0 spiro atoms. The minimum atomic E-state index is -3.48. The summed E-state index contributed by atoms with van der Waals surface area (Å²) in [4.78, 5) is 40.7. The first-order chi connectivity index (χ1) is 25.3. The number of amides is 2. The molecule has 0 aromatic rings. The standard InChI is InChI=1S/C36H57F2N5O11/c1-20-18-35(50-6,54-22(3)21(20)2)28(46)30(47)43-31-27-29(51-19-52-31)36(37,38)34(4,5)25(53-27)17-23(44)13-10-8-7-9-11-15-26(45)42-24(32(48)49)14-12-16-41-33(39)40/h7,9,11,15,21-25,27-29,31,44,46H,1,8,10,12-14,16-19H2,2-6H3,(H,42,45)(H,43,47)(H,48,49)(H4,39,40,41)/b9-7+,15-11+/t21?,22?,23-,24?,25?,27+,28?,29+,31?,35-/m1/s1. The summed E-state index contributed by atoms with van der Waals surface area (Å²) in [5, 5.41) is 36.2. The van der Waals surface area contributed by atoms with Crippen LogP contribution < -0.4 is 22.1 Å². The summed E-state index contributed by atoms with van der Waals surface area (Å²) < 4.78 is 60.5. The van der Waals surface area contributed by atoms with E-state index in [0.29, 0.717) is 24.8 Å². The number of aliphatic hydroxyl groups excluding tert-OH is 2. The summed E-state index contributed by atoms with van der Waals surface area (Å²) in [5.74, 6) is -8.18. The van der Waals surface area contributed by atoms with Crippen molar-refractivity contribution < 1.29 is 62.2 Å². The maximum atomic E-state index is 16.1. The Bertz CT molecular complexity index is 1410. The highest BCUT2D eigenvalue weighted by atomic mass is 19.3. The summed E-state index contributed by atoms with van der Waals surface area (Å²) in [6.45, 7) is 9.98. The molecule has 18 heteroatoms. The van der Waals surface area contributed by atoms with Gasteiger partial charge in [-0.1, -0.05) is 51.2 Å². The zero-order valence-electron chi connectivity index (χ0n) is 31.5. The molecule has 2 amide bonds. The number of fused-ring (bicyclic) bond motifs is 1. The molecule has 3 rings (SSSR count). The number of guanidine groups is 1. The topological polar surface area (TPSA) is 247 Å². The van der Waals surface area contributed by atoms with E-state index in [1.54, 1.807) is 19.1 Å². The number of aliphatic hydroxyl groups is 2. The van der Waals surface area contributed by atoms with Crippen LogP contribution in [0.4, 0.5) is 8.78 Å². The maximum absolute atomic E-state index is 16.1. The van der Waals surface area contributed by atoms with Crippen molar-refractivity contribution in [3.8, 4) is 0 Å². The van der Waals surface area contributed by atoms with Gasteiger partial charge in [0.1, 0.15) is 18.9 Å². The van der Waals surface area contributed by atoms with Crippen molar-refractivity contribution in [3.05, 3.63) is 36.5 Å². The Labute approximate surface area is 314 Å². The molecule has 16 nitrogen and oxygen atoms in total. The Morgan fingerprint density at radius 1 is 1.13 bits per heavy atom. The third-order valence-electron chi connectivity index (χ3n) is 10.4. The van der Waals surface area contributed by atoms with E-state index < -0.39 is 90.6 Å². The first-order valence-electron chi connectivity index (χ1n) is 18.0. The van der Waals surface area contributed by atoms with Crippen LogP contribution in [0.25, 0.3) is 0 Å². The molecule has 0 aromatic heterocycles. The van der Waals surface area contributed by atoms with Gasteiger partial charge in [-0.2, -0.15) is 0 Å². The fraction of sp³-hybridized carbons (Fsp3) is 0.722. The van der Waals surface area contributed by atoms with Gasteiger partial charge in [-0.15, -0.1) is 0 Å². The number of carbonyl (C=O) groups is 3. The Morgan fingerprint density at radius 2 is 1.83 bits per heavy atom. The molecule has 54 heavy (non-hydrogen) atoms. The summed E-state index contributed by atoms with van der Waals surface area (Å²) in [6, 6.07) is -1.11. The van der Waals surface area contributed by atoms with Gasteiger partial charge in [-0.3, -0.25) is 14.6 Å². The van der Waals surface area contributed by atoms with Gasteiger partial charge in [0.05, 0.1) is 23.7 Å². The molecule has 3 aliphatic rings. The van der Waals surface area contributed by atoms with E-state index in [2.05, 4.69) is 22.2 Å². The Hall–Kier alpha value is -3.52. The molecule has 0 saturated carbocycles. The van der Waals surface area contributed by atoms with Crippen LogP contribution in [0.2, 0.25) is 0 Å². The molecular formula is C36H57F2N5O11. The molecule has 3 saturated heterocycles. The molecule has 10 atom stereocenters. The number of nitrogens with one attached hydrogen (secondary N) is 2. The fourth-order valence-electron chi connectivity index (χ4n) is 6.62. The largest absolute Gasteiger partial charge is 0.480 e. The number of allylic oxidation sites excluding steroid dienone is 3. The average Bonchev–Trinajstić information content (AvgIpc) is 3.10. The number of aliphatic imine (C=N–C) groups is 1. The van der Waals surface area contributed by atoms with E-state index in [1.807, 2.05) is 6.92 Å². The van der Waals surface area contributed by atoms with Crippen LogP contribution in [-0.2, 0) is 38.1 Å². The van der Waals surface area contributed by atoms with Crippen molar-refractivity contribution in [2.45, 2.75) is 133 Å². The molecule has 3 fully saturated rings. The predicted molar refractivity (Wildman–Crippen MR) is 192 cm³/mol. The lowest BCUT2D eigenvalue weighted by atomic mass is 9.71. The van der Waals surface area contributed by atoms with Gasteiger partial charge in [0, 0.05) is 38.5 Å². The minimum Gasteiger partial charge on any atom is -0.480 e. The molecule has 3 heterocycles. The molecule has 0 radical (unpaired) electrons. The van der Waals surface area contributed by atoms with Crippen molar-refractivity contribution in [2.24, 2.45) is 27.8 Å². The number of carboxylic acids is 1.